The smallest absolute Gasteiger partial charge is 0.289 e. The summed E-state index contributed by atoms with van der Waals surface area (Å²) < 4.78 is 6.45. The summed E-state index contributed by atoms with van der Waals surface area (Å²) >= 11 is 0. The van der Waals surface area contributed by atoms with Gasteiger partial charge in [-0.3, -0.25) is 14.5 Å². The fourth-order valence-electron chi connectivity index (χ4n) is 3.45. The summed E-state index contributed by atoms with van der Waals surface area (Å²) in [6.07, 6.45) is 4.73. The van der Waals surface area contributed by atoms with Crippen LogP contribution in [0.2, 0.25) is 0 Å². The molecule has 2 aromatic heterocycles. The van der Waals surface area contributed by atoms with Crippen molar-refractivity contribution in [2.75, 3.05) is 19.6 Å². The molecule has 1 amide bonds. The highest BCUT2D eigenvalue weighted by atomic mass is 16.5. The second-order valence-electron chi connectivity index (χ2n) is 8.30. The maximum Gasteiger partial charge on any atom is 0.289 e. The van der Waals surface area contributed by atoms with E-state index >= 15 is 0 Å². The molecule has 0 aliphatic carbocycles. The molecule has 1 N–H and O–H groups in total. The van der Waals surface area contributed by atoms with Crippen molar-refractivity contribution in [2.45, 2.75) is 58.0 Å². The molecular formula is C20H29N5O3. The van der Waals surface area contributed by atoms with Crippen molar-refractivity contribution < 1.29 is 9.32 Å². The Morgan fingerprint density at radius 2 is 2.07 bits per heavy atom. The number of rotatable bonds is 6. The fraction of sp³-hybridized carbons (Fsp3) is 0.600. The zero-order chi connectivity index (χ0) is 20.1. The Balaban J connectivity index is 1.60. The van der Waals surface area contributed by atoms with Crippen molar-refractivity contribution in [3.63, 3.8) is 0 Å². The van der Waals surface area contributed by atoms with E-state index < -0.39 is 0 Å². The fourth-order valence-corrected chi connectivity index (χ4v) is 3.45. The van der Waals surface area contributed by atoms with Crippen LogP contribution in [0.1, 0.15) is 56.3 Å². The Kier molecular flexibility index (Phi) is 6.28. The summed E-state index contributed by atoms with van der Waals surface area (Å²) in [7, 11) is 0. The number of hydrogen-bond donors (Lipinski definition) is 1. The van der Waals surface area contributed by atoms with Crippen molar-refractivity contribution in [3.05, 3.63) is 46.2 Å². The van der Waals surface area contributed by atoms with Crippen LogP contribution in [0.4, 0.5) is 0 Å². The Hall–Kier alpha value is -2.48. The van der Waals surface area contributed by atoms with E-state index in [1.807, 2.05) is 6.07 Å². The van der Waals surface area contributed by atoms with Gasteiger partial charge in [-0.15, -0.1) is 0 Å². The summed E-state index contributed by atoms with van der Waals surface area (Å²) in [6, 6.07) is 5.19. The minimum absolute atomic E-state index is 0.0832. The zero-order valence-electron chi connectivity index (χ0n) is 16.9. The Morgan fingerprint density at radius 1 is 1.25 bits per heavy atom. The molecule has 0 spiro atoms. The number of carbonyl (C=O) groups is 1. The van der Waals surface area contributed by atoms with Gasteiger partial charge >= 0.3 is 0 Å². The van der Waals surface area contributed by atoms with Gasteiger partial charge in [0, 0.05) is 36.7 Å². The topological polar surface area (TPSA) is 93.3 Å². The second kappa shape index (κ2) is 8.68. The van der Waals surface area contributed by atoms with Gasteiger partial charge in [0.1, 0.15) is 0 Å². The molecule has 28 heavy (non-hydrogen) atoms. The first kappa shape index (κ1) is 20.3. The largest absolute Gasteiger partial charge is 0.351 e. The molecule has 1 aliphatic heterocycles. The Labute approximate surface area is 164 Å². The van der Waals surface area contributed by atoms with Gasteiger partial charge in [-0.05, 0) is 25.5 Å². The quantitative estimate of drug-likeness (QED) is 0.813. The zero-order valence-corrected chi connectivity index (χ0v) is 16.9. The Morgan fingerprint density at radius 3 is 2.79 bits per heavy atom. The molecule has 2 aromatic rings. The molecule has 1 atom stereocenters. The molecule has 0 aromatic carbocycles. The van der Waals surface area contributed by atoms with E-state index in [0.717, 1.165) is 38.0 Å². The molecule has 3 heterocycles. The van der Waals surface area contributed by atoms with Crippen LogP contribution in [0.25, 0.3) is 0 Å². The van der Waals surface area contributed by atoms with E-state index in [1.165, 1.54) is 6.20 Å². The lowest BCUT2D eigenvalue weighted by Gasteiger charge is -2.35. The van der Waals surface area contributed by atoms with E-state index in [4.69, 9.17) is 4.52 Å². The van der Waals surface area contributed by atoms with Gasteiger partial charge in [-0.2, -0.15) is 5.10 Å². The number of amides is 1. The molecule has 0 saturated carbocycles. The maximum absolute atomic E-state index is 12.2. The Bertz CT molecular complexity index is 838. The van der Waals surface area contributed by atoms with Crippen LogP contribution < -0.4 is 10.9 Å². The number of likely N-dealkylation sites (tertiary alicyclic amines) is 1. The molecule has 152 valence electrons. The molecule has 8 heteroatoms. The highest BCUT2D eigenvalue weighted by molar-refractivity contribution is 5.91. The lowest BCUT2D eigenvalue weighted by atomic mass is 9.92. The average molecular weight is 387 g/mol. The number of nitrogens with one attached hydrogen (secondary N) is 1. The van der Waals surface area contributed by atoms with Gasteiger partial charge in [0.2, 0.25) is 5.76 Å². The first-order valence-corrected chi connectivity index (χ1v) is 9.86. The van der Waals surface area contributed by atoms with Crippen LogP contribution in [0, 0.1) is 0 Å². The van der Waals surface area contributed by atoms with Crippen molar-refractivity contribution in [1.82, 2.24) is 25.2 Å². The molecule has 0 bridgehead atoms. The monoisotopic (exact) mass is 387 g/mol. The summed E-state index contributed by atoms with van der Waals surface area (Å²) in [4.78, 5) is 26.6. The molecule has 8 nitrogen and oxygen atoms in total. The average Bonchev–Trinajstić information content (AvgIpc) is 3.20. The number of piperidine rings is 1. The van der Waals surface area contributed by atoms with Gasteiger partial charge < -0.3 is 9.84 Å². The maximum atomic E-state index is 12.2. The van der Waals surface area contributed by atoms with E-state index in [1.54, 1.807) is 16.8 Å². The van der Waals surface area contributed by atoms with E-state index in [0.29, 0.717) is 13.1 Å². The number of nitrogens with zero attached hydrogens (tertiary/aromatic N) is 4. The molecular weight excluding hydrogens is 358 g/mol. The molecule has 1 unspecified atom stereocenters. The predicted molar refractivity (Wildman–Crippen MR) is 105 cm³/mol. The molecule has 1 fully saturated rings. The van der Waals surface area contributed by atoms with Gasteiger partial charge in [0.15, 0.2) is 0 Å². The molecule has 1 aliphatic rings. The van der Waals surface area contributed by atoms with E-state index in [2.05, 4.69) is 41.2 Å². The third-order valence-corrected chi connectivity index (χ3v) is 5.14. The molecule has 3 rings (SSSR count). The number of aromatic nitrogens is 3. The van der Waals surface area contributed by atoms with Crippen LogP contribution in [0.15, 0.2) is 33.7 Å². The highest BCUT2D eigenvalue weighted by Crippen LogP contribution is 2.19. The predicted octanol–water partition coefficient (Wildman–Crippen LogP) is 1.81. The van der Waals surface area contributed by atoms with Crippen molar-refractivity contribution in [3.8, 4) is 0 Å². The highest BCUT2D eigenvalue weighted by Gasteiger charge is 2.24. The number of carbonyl (C=O) groups excluding carboxylic acids is 1. The van der Waals surface area contributed by atoms with Crippen molar-refractivity contribution >= 4 is 5.91 Å². The van der Waals surface area contributed by atoms with E-state index in [9.17, 15) is 9.59 Å². The normalized spacial score (nSPS) is 18.2. The van der Waals surface area contributed by atoms with Crippen LogP contribution >= 0.6 is 0 Å². The molecule has 0 radical (unpaired) electrons. The van der Waals surface area contributed by atoms with Gasteiger partial charge in [-0.1, -0.05) is 32.3 Å². The number of hydrogen-bond acceptors (Lipinski definition) is 6. The lowest BCUT2D eigenvalue weighted by Crippen LogP contribution is -2.48. The van der Waals surface area contributed by atoms with Gasteiger partial charge in [0.25, 0.3) is 11.5 Å². The summed E-state index contributed by atoms with van der Waals surface area (Å²) in [6.45, 7) is 9.02. The van der Waals surface area contributed by atoms with Gasteiger partial charge in [-0.25, -0.2) is 4.68 Å². The third-order valence-electron chi connectivity index (χ3n) is 5.14. The summed E-state index contributed by atoms with van der Waals surface area (Å²) in [5, 5.41) is 11.0. The molecule has 1 saturated heterocycles. The third kappa shape index (κ3) is 5.07. The second-order valence-corrected chi connectivity index (χ2v) is 8.30. The first-order valence-electron chi connectivity index (χ1n) is 9.86. The van der Waals surface area contributed by atoms with Crippen molar-refractivity contribution in [1.29, 1.82) is 0 Å². The van der Waals surface area contributed by atoms with Crippen LogP contribution in [0.5, 0.6) is 0 Å². The van der Waals surface area contributed by atoms with Gasteiger partial charge in [0.05, 0.1) is 18.4 Å². The standard InChI is InChI=1S/C20H29N5O3/c1-20(2,3)17-7-8-18(26)25(23-17)13-12-24-11-5-4-6-15(24)14-21-19(27)16-9-10-22-28-16/h7-10,15H,4-6,11-14H2,1-3H3,(H,21,27). The first-order chi connectivity index (χ1) is 13.3. The minimum atomic E-state index is -0.251. The minimum Gasteiger partial charge on any atom is -0.351 e. The van der Waals surface area contributed by atoms with Crippen LogP contribution in [-0.4, -0.2) is 51.4 Å². The SMILES string of the molecule is CC(C)(C)c1ccc(=O)n(CCN2CCCCC2CNC(=O)c2ccno2)n1. The lowest BCUT2D eigenvalue weighted by molar-refractivity contribution is 0.0874. The summed E-state index contributed by atoms with van der Waals surface area (Å²) in [5.41, 5.74) is 0.718. The van der Waals surface area contributed by atoms with E-state index in [-0.39, 0.29) is 28.7 Å². The van der Waals surface area contributed by atoms with Crippen molar-refractivity contribution in [2.24, 2.45) is 0 Å². The summed E-state index contributed by atoms with van der Waals surface area (Å²) in [5.74, 6) is -0.0316. The van der Waals surface area contributed by atoms with Crippen LogP contribution in [-0.2, 0) is 12.0 Å². The van der Waals surface area contributed by atoms with Crippen LogP contribution in [0.3, 0.4) is 0 Å².